The van der Waals surface area contributed by atoms with Gasteiger partial charge in [-0.05, 0) is 18.9 Å². The molecule has 1 saturated carbocycles. The number of nitrogens with one attached hydrogen (secondary N) is 1. The van der Waals surface area contributed by atoms with E-state index in [9.17, 15) is 4.79 Å². The lowest BCUT2D eigenvalue weighted by molar-refractivity contribution is -0.133. The molecule has 1 N–H and O–H groups in total. The van der Waals surface area contributed by atoms with E-state index in [-0.39, 0.29) is 17.9 Å². The van der Waals surface area contributed by atoms with Crippen molar-refractivity contribution in [1.82, 2.24) is 10.4 Å². The van der Waals surface area contributed by atoms with Crippen molar-refractivity contribution >= 4 is 20.2 Å². The van der Waals surface area contributed by atoms with Gasteiger partial charge >= 0.3 is 0 Å². The van der Waals surface area contributed by atoms with E-state index in [1.807, 2.05) is 0 Å². The van der Waals surface area contributed by atoms with Crippen molar-refractivity contribution in [2.45, 2.75) is 51.1 Å². The first-order valence-corrected chi connectivity index (χ1v) is 10.8. The number of ketones is 1. The molecule has 1 unspecified atom stereocenters. The maximum absolute atomic E-state index is 12.2. The summed E-state index contributed by atoms with van der Waals surface area (Å²) in [4.78, 5) is 16.4. The third-order valence-electron chi connectivity index (χ3n) is 3.72. The number of carbonyl (C=O) groups excluding carboxylic acids is 1. The molecule has 6 heteroatoms. The Balaban J connectivity index is 1.72. The highest BCUT2D eigenvalue weighted by atomic mass is 28.3. The molecule has 2 aliphatic rings. The quantitative estimate of drug-likeness (QED) is 0.572. The topological polar surface area (TPSA) is 53.9 Å². The molecule has 1 aliphatic carbocycles. The molecule has 1 aliphatic heterocycles. The second-order valence-corrected chi connectivity index (χ2v) is 12.3. The molecule has 1 heterocycles. The normalized spacial score (nSPS) is 24.3. The second kappa shape index (κ2) is 6.15. The molecular formula is C13H25N3O2Si. The van der Waals surface area contributed by atoms with Gasteiger partial charge in [-0.2, -0.15) is 5.01 Å². The fraction of sp³-hybridized carbons (Fsp3) is 0.846. The van der Waals surface area contributed by atoms with Crippen LogP contribution in [0.2, 0.25) is 25.7 Å². The summed E-state index contributed by atoms with van der Waals surface area (Å²) in [5.74, 6) is 0.452. The molecule has 1 atom stereocenters. The van der Waals surface area contributed by atoms with Crippen molar-refractivity contribution in [1.29, 1.82) is 0 Å². The molecule has 5 nitrogen and oxygen atoms in total. The summed E-state index contributed by atoms with van der Waals surface area (Å²) in [5.41, 5.74) is 3.00. The second-order valence-electron chi connectivity index (χ2n) is 6.63. The Morgan fingerprint density at radius 3 is 2.79 bits per heavy atom. The van der Waals surface area contributed by atoms with Gasteiger partial charge in [0.15, 0.2) is 11.9 Å². The van der Waals surface area contributed by atoms with Gasteiger partial charge in [-0.25, -0.2) is 4.99 Å². The van der Waals surface area contributed by atoms with E-state index in [2.05, 4.69) is 30.1 Å². The monoisotopic (exact) mass is 283 g/mol. The minimum atomic E-state index is -1.05. The van der Waals surface area contributed by atoms with Crippen molar-refractivity contribution in [2.24, 2.45) is 10.9 Å². The lowest BCUT2D eigenvalue weighted by Gasteiger charge is -2.29. The van der Waals surface area contributed by atoms with Crippen LogP contribution in [0.3, 0.4) is 0 Å². The number of ether oxygens (including phenoxy) is 1. The van der Waals surface area contributed by atoms with Gasteiger partial charge in [0.1, 0.15) is 6.73 Å². The van der Waals surface area contributed by atoms with Crippen LogP contribution in [0.4, 0.5) is 0 Å². The first-order chi connectivity index (χ1) is 8.97. The number of nitrogens with zero attached hydrogens (tertiary/aromatic N) is 2. The molecular weight excluding hydrogens is 258 g/mol. The highest BCUT2D eigenvalue weighted by Gasteiger charge is 2.36. The van der Waals surface area contributed by atoms with Gasteiger partial charge in [-0.1, -0.05) is 26.1 Å². The zero-order valence-electron chi connectivity index (χ0n) is 12.2. The number of aliphatic imine (C=N–C) groups is 1. The van der Waals surface area contributed by atoms with E-state index in [1.54, 1.807) is 11.3 Å². The van der Waals surface area contributed by atoms with Crippen molar-refractivity contribution in [3.05, 3.63) is 0 Å². The Labute approximate surface area is 116 Å². The van der Waals surface area contributed by atoms with Crippen LogP contribution in [0.15, 0.2) is 4.99 Å². The summed E-state index contributed by atoms with van der Waals surface area (Å²) < 4.78 is 5.67. The Morgan fingerprint density at radius 1 is 1.47 bits per heavy atom. The largest absolute Gasteiger partial charge is 0.365 e. The predicted molar refractivity (Wildman–Crippen MR) is 78.6 cm³/mol. The molecule has 2 rings (SSSR count). The summed E-state index contributed by atoms with van der Waals surface area (Å²) in [6.45, 7) is 8.18. The molecule has 1 fully saturated rings. The van der Waals surface area contributed by atoms with Gasteiger partial charge in [-0.15, -0.1) is 0 Å². The lowest BCUT2D eigenvalue weighted by Crippen LogP contribution is -2.47. The number of Topliss-reactive ketones (excluding diaryl/α,β-unsaturated/α-hetero) is 1. The van der Waals surface area contributed by atoms with E-state index in [1.165, 1.54) is 6.42 Å². The Hall–Kier alpha value is -0.723. The summed E-state index contributed by atoms with van der Waals surface area (Å²) in [6, 6.07) is 1.14. The molecule has 0 amide bonds. The SMILES string of the molecule is C[Si](C)(C)CCOCN1NC=NC1C(=O)C1CCC1. The fourth-order valence-electron chi connectivity index (χ4n) is 2.11. The number of hydrazine groups is 1. The number of hydrogen-bond donors (Lipinski definition) is 1. The molecule has 0 radical (unpaired) electrons. The maximum atomic E-state index is 12.2. The first kappa shape index (κ1) is 14.7. The van der Waals surface area contributed by atoms with Gasteiger partial charge in [0, 0.05) is 20.6 Å². The van der Waals surface area contributed by atoms with Gasteiger partial charge < -0.3 is 10.2 Å². The molecule has 0 aromatic carbocycles. The van der Waals surface area contributed by atoms with Crippen LogP contribution in [-0.2, 0) is 9.53 Å². The Bertz CT molecular complexity index is 350. The van der Waals surface area contributed by atoms with Crippen LogP contribution in [0.25, 0.3) is 0 Å². The van der Waals surface area contributed by atoms with Crippen molar-refractivity contribution < 1.29 is 9.53 Å². The van der Waals surface area contributed by atoms with Crippen molar-refractivity contribution in [3.8, 4) is 0 Å². The van der Waals surface area contributed by atoms with Crippen LogP contribution in [0.5, 0.6) is 0 Å². The van der Waals surface area contributed by atoms with E-state index in [4.69, 9.17) is 4.74 Å². The molecule has 0 aromatic heterocycles. The van der Waals surface area contributed by atoms with E-state index < -0.39 is 8.07 Å². The van der Waals surface area contributed by atoms with Crippen molar-refractivity contribution in [2.75, 3.05) is 13.3 Å². The third kappa shape index (κ3) is 4.12. The number of carbonyl (C=O) groups is 1. The smallest absolute Gasteiger partial charge is 0.181 e. The van der Waals surface area contributed by atoms with Crippen LogP contribution in [-0.4, -0.2) is 44.7 Å². The zero-order chi connectivity index (χ0) is 13.9. The van der Waals surface area contributed by atoms with Crippen LogP contribution in [0.1, 0.15) is 19.3 Å². The average molecular weight is 283 g/mol. The summed E-state index contributed by atoms with van der Waals surface area (Å²) in [6.07, 6.45) is 4.44. The fourth-order valence-corrected chi connectivity index (χ4v) is 2.87. The Kier molecular flexibility index (Phi) is 4.75. The lowest BCUT2D eigenvalue weighted by atomic mass is 9.81. The number of rotatable bonds is 7. The van der Waals surface area contributed by atoms with E-state index in [0.29, 0.717) is 6.73 Å². The first-order valence-electron chi connectivity index (χ1n) is 7.13. The molecule has 0 bridgehead atoms. The third-order valence-corrected chi connectivity index (χ3v) is 5.43. The summed E-state index contributed by atoms with van der Waals surface area (Å²) in [5, 5.41) is 1.80. The molecule has 0 aromatic rings. The highest BCUT2D eigenvalue weighted by molar-refractivity contribution is 6.76. The molecule has 19 heavy (non-hydrogen) atoms. The van der Waals surface area contributed by atoms with Crippen LogP contribution >= 0.6 is 0 Å². The van der Waals surface area contributed by atoms with Gasteiger partial charge in [0.2, 0.25) is 0 Å². The van der Waals surface area contributed by atoms with Crippen LogP contribution in [0, 0.1) is 5.92 Å². The summed E-state index contributed by atoms with van der Waals surface area (Å²) in [7, 11) is -1.05. The van der Waals surface area contributed by atoms with Gasteiger partial charge in [0.05, 0.1) is 6.34 Å². The highest BCUT2D eigenvalue weighted by Crippen LogP contribution is 2.29. The summed E-state index contributed by atoms with van der Waals surface area (Å²) >= 11 is 0. The van der Waals surface area contributed by atoms with E-state index >= 15 is 0 Å². The zero-order valence-corrected chi connectivity index (χ0v) is 13.2. The molecule has 0 saturated heterocycles. The van der Waals surface area contributed by atoms with Gasteiger partial charge in [0.25, 0.3) is 0 Å². The minimum Gasteiger partial charge on any atom is -0.365 e. The Morgan fingerprint density at radius 2 is 2.21 bits per heavy atom. The van der Waals surface area contributed by atoms with Crippen molar-refractivity contribution in [3.63, 3.8) is 0 Å². The molecule has 108 valence electrons. The standard InChI is InChI=1S/C13H25N3O2Si/c1-19(2,3)8-7-18-10-16-13(14-9-15-16)12(17)11-5-4-6-11/h9,11,13H,4-8,10H2,1-3H3,(H,14,15). The van der Waals surface area contributed by atoms with E-state index in [0.717, 1.165) is 25.5 Å². The molecule has 0 spiro atoms. The van der Waals surface area contributed by atoms with Gasteiger partial charge in [-0.3, -0.25) is 4.79 Å². The van der Waals surface area contributed by atoms with Crippen LogP contribution < -0.4 is 5.43 Å². The minimum absolute atomic E-state index is 0.214. The maximum Gasteiger partial charge on any atom is 0.181 e. The average Bonchev–Trinajstić information content (AvgIpc) is 2.68. The predicted octanol–water partition coefficient (Wildman–Crippen LogP) is 1.84. The number of hydrogen-bond acceptors (Lipinski definition) is 5.